The summed E-state index contributed by atoms with van der Waals surface area (Å²) in [6.07, 6.45) is 0. The Labute approximate surface area is 200 Å². The minimum Gasteiger partial charge on any atom is -0.337 e. The molecule has 12 nitrogen and oxygen atoms in total. The number of nitrogens with zero attached hydrogens (tertiary/aromatic N) is 8. The van der Waals surface area contributed by atoms with Crippen LogP contribution in [0.15, 0.2) is 36.4 Å². The molecule has 0 amide bonds. The number of hydrogen-bond acceptors (Lipinski definition) is 8. The molecule has 0 spiro atoms. The lowest BCUT2D eigenvalue weighted by atomic mass is 10.0. The molecule has 166 valence electrons. The molecule has 2 aromatic carbocycles. The standard InChI is InChI=1S/C24H10N12/c25-7-17-19(9-27)35-23-21(33-17)29-13-3-1-11(5-15(13)31-23)12-2-4-14-16(6-12)32-24-22(30-14)34-18(8-26)20(10-28)36-24/h1-6,29,31,33,35H. The Morgan fingerprint density at radius 2 is 1.08 bits per heavy atom. The van der Waals surface area contributed by atoms with Crippen molar-refractivity contribution < 1.29 is 0 Å². The third-order valence-electron chi connectivity index (χ3n) is 5.60. The second kappa shape index (κ2) is 7.67. The molecular formula is C24H10N12. The lowest BCUT2D eigenvalue weighted by molar-refractivity contribution is 0.953. The smallest absolute Gasteiger partial charge is 0.199 e. The maximum atomic E-state index is 9.30. The van der Waals surface area contributed by atoms with E-state index in [0.717, 1.165) is 22.2 Å². The summed E-state index contributed by atoms with van der Waals surface area (Å²) >= 11 is 0. The second-order valence-corrected chi connectivity index (χ2v) is 7.70. The lowest BCUT2D eigenvalue weighted by Gasteiger charge is -2.08. The van der Waals surface area contributed by atoms with Gasteiger partial charge >= 0.3 is 0 Å². The van der Waals surface area contributed by atoms with Crippen molar-refractivity contribution in [1.29, 1.82) is 21.0 Å². The van der Waals surface area contributed by atoms with Gasteiger partial charge in [-0.15, -0.1) is 0 Å². The Balaban J connectivity index is 1.50. The largest absolute Gasteiger partial charge is 0.337 e. The van der Waals surface area contributed by atoms with Gasteiger partial charge in [0.1, 0.15) is 24.3 Å². The zero-order valence-electron chi connectivity index (χ0n) is 18.0. The Bertz CT molecular complexity index is 2160. The van der Waals surface area contributed by atoms with Gasteiger partial charge in [-0.3, -0.25) is 0 Å². The summed E-state index contributed by atoms with van der Waals surface area (Å²) in [5.74, 6) is 0. The summed E-state index contributed by atoms with van der Waals surface area (Å²) in [5, 5.41) is 37.0. The molecule has 0 aliphatic carbocycles. The van der Waals surface area contributed by atoms with Gasteiger partial charge in [-0.05, 0) is 35.4 Å². The molecule has 0 saturated heterocycles. The highest BCUT2D eigenvalue weighted by Crippen LogP contribution is 2.26. The van der Waals surface area contributed by atoms with Crippen molar-refractivity contribution in [2.45, 2.75) is 0 Å². The predicted molar refractivity (Wildman–Crippen MR) is 125 cm³/mol. The number of benzene rings is 2. The van der Waals surface area contributed by atoms with E-state index in [1.54, 1.807) is 6.07 Å². The van der Waals surface area contributed by atoms with Gasteiger partial charge < -0.3 is 19.9 Å². The van der Waals surface area contributed by atoms with Gasteiger partial charge in [0.05, 0.1) is 22.1 Å². The molecule has 2 aromatic heterocycles. The number of nitriles is 4. The van der Waals surface area contributed by atoms with Gasteiger partial charge in [-0.1, -0.05) is 12.1 Å². The van der Waals surface area contributed by atoms with Crippen LogP contribution in [0.2, 0.25) is 0 Å². The van der Waals surface area contributed by atoms with Gasteiger partial charge in [0, 0.05) is 0 Å². The van der Waals surface area contributed by atoms with Gasteiger partial charge in [-0.2, -0.15) is 21.0 Å². The van der Waals surface area contributed by atoms with Crippen LogP contribution in [0, 0.1) is 56.3 Å². The average Bonchev–Trinajstić information content (AvgIpc) is 2.92. The molecule has 36 heavy (non-hydrogen) atoms. The van der Waals surface area contributed by atoms with Crippen molar-refractivity contribution in [3.63, 3.8) is 0 Å². The maximum absolute atomic E-state index is 9.30. The first-order valence-electron chi connectivity index (χ1n) is 10.4. The van der Waals surface area contributed by atoms with E-state index in [2.05, 4.69) is 39.9 Å². The number of aromatic nitrogens is 8. The monoisotopic (exact) mass is 466 g/mol. The quantitative estimate of drug-likeness (QED) is 0.264. The molecule has 0 radical (unpaired) electrons. The third kappa shape index (κ3) is 3.12. The highest BCUT2D eigenvalue weighted by molar-refractivity contribution is 5.88. The van der Waals surface area contributed by atoms with E-state index in [0.29, 0.717) is 22.0 Å². The molecule has 6 rings (SSSR count). The summed E-state index contributed by atoms with van der Waals surface area (Å²) in [6, 6.07) is 18.9. The van der Waals surface area contributed by atoms with Gasteiger partial charge in [0.15, 0.2) is 45.0 Å². The summed E-state index contributed by atoms with van der Waals surface area (Å²) < 4.78 is 0. The first-order valence-corrected chi connectivity index (χ1v) is 10.4. The molecule has 4 N–H and O–H groups in total. The molecule has 0 fully saturated rings. The van der Waals surface area contributed by atoms with Crippen LogP contribution in [0.1, 0.15) is 22.8 Å². The minimum atomic E-state index is -0.0983. The molecule has 0 saturated carbocycles. The fourth-order valence-corrected chi connectivity index (χ4v) is 3.90. The number of rotatable bonds is 1. The zero-order valence-corrected chi connectivity index (χ0v) is 18.0. The topological polar surface area (TPSA) is 210 Å². The van der Waals surface area contributed by atoms with Crippen LogP contribution >= 0.6 is 0 Å². The van der Waals surface area contributed by atoms with Crippen molar-refractivity contribution in [1.82, 2.24) is 39.9 Å². The molecular weight excluding hydrogens is 456 g/mol. The van der Waals surface area contributed by atoms with Gasteiger partial charge in [0.25, 0.3) is 0 Å². The number of aromatic amines is 4. The number of nitrogens with one attached hydrogen (secondary N) is 4. The van der Waals surface area contributed by atoms with E-state index in [-0.39, 0.29) is 34.1 Å². The van der Waals surface area contributed by atoms with E-state index in [4.69, 9.17) is 0 Å². The van der Waals surface area contributed by atoms with E-state index in [1.165, 1.54) is 0 Å². The highest BCUT2D eigenvalue weighted by Gasteiger charge is 2.12. The number of hydrogen-bond donors (Lipinski definition) is 4. The highest BCUT2D eigenvalue weighted by atomic mass is 15.0. The van der Waals surface area contributed by atoms with Crippen LogP contribution in [0.3, 0.4) is 0 Å². The first kappa shape index (κ1) is 20.4. The van der Waals surface area contributed by atoms with E-state index in [1.807, 2.05) is 54.6 Å². The van der Waals surface area contributed by atoms with E-state index in [9.17, 15) is 21.0 Å². The van der Waals surface area contributed by atoms with Gasteiger partial charge in [-0.25, -0.2) is 19.9 Å². The minimum absolute atomic E-state index is 0.0902. The summed E-state index contributed by atoms with van der Waals surface area (Å²) in [5.41, 5.74) is 5.92. The van der Waals surface area contributed by atoms with Crippen LogP contribution in [0.5, 0.6) is 0 Å². The van der Waals surface area contributed by atoms with Crippen LogP contribution in [-0.4, -0.2) is 39.9 Å². The number of H-pyrrole nitrogens is 4. The Morgan fingerprint density at radius 3 is 1.69 bits per heavy atom. The van der Waals surface area contributed by atoms with Crippen LogP contribution < -0.4 is 0 Å². The molecule has 4 aromatic rings. The van der Waals surface area contributed by atoms with Crippen LogP contribution in [0.25, 0.3) is 44.5 Å². The fraction of sp³-hybridized carbons (Fsp3) is 0. The molecule has 4 heterocycles. The second-order valence-electron chi connectivity index (χ2n) is 7.70. The zero-order chi connectivity index (χ0) is 24.8. The number of fused-ring (bicyclic) bond motifs is 3. The first-order chi connectivity index (χ1) is 17.6. The van der Waals surface area contributed by atoms with E-state index < -0.39 is 0 Å². The van der Waals surface area contributed by atoms with Crippen molar-refractivity contribution in [2.24, 2.45) is 0 Å². The molecule has 0 atom stereocenters. The predicted octanol–water partition coefficient (Wildman–Crippen LogP) is 3.04. The Kier molecular flexibility index (Phi) is 4.34. The average molecular weight is 466 g/mol. The summed E-state index contributed by atoms with van der Waals surface area (Å²) in [4.78, 5) is 29.5. The molecule has 2 aliphatic rings. The van der Waals surface area contributed by atoms with Crippen LogP contribution in [0.4, 0.5) is 0 Å². The molecule has 0 bridgehead atoms. The summed E-state index contributed by atoms with van der Waals surface area (Å²) in [7, 11) is 0. The van der Waals surface area contributed by atoms with Crippen molar-refractivity contribution >= 4 is 33.4 Å². The molecule has 2 aliphatic heterocycles. The lowest BCUT2D eigenvalue weighted by Crippen LogP contribution is -2.02. The normalized spacial score (nSPS) is 10.7. The molecule has 12 heteroatoms. The third-order valence-corrected chi connectivity index (χ3v) is 5.60. The SMILES string of the molecule is N#Cc1nc2nc3ccc(-c4ccc5[nH]c6[nH]c(C#N)c(C#N)[nH]c=6[nH]c5c4)cc3nc2nc1C#N. The van der Waals surface area contributed by atoms with Crippen molar-refractivity contribution in [3.8, 4) is 35.4 Å². The fourth-order valence-electron chi connectivity index (χ4n) is 3.90. The van der Waals surface area contributed by atoms with Crippen LogP contribution in [-0.2, 0) is 0 Å². The maximum Gasteiger partial charge on any atom is 0.199 e. The van der Waals surface area contributed by atoms with Crippen molar-refractivity contribution in [3.05, 3.63) is 70.1 Å². The van der Waals surface area contributed by atoms with Gasteiger partial charge in [0.2, 0.25) is 0 Å². The van der Waals surface area contributed by atoms with E-state index >= 15 is 0 Å². The Hall–Kier alpha value is -6.24. The summed E-state index contributed by atoms with van der Waals surface area (Å²) in [6.45, 7) is 0. The Morgan fingerprint density at radius 1 is 0.528 bits per heavy atom. The molecule has 0 unspecified atom stereocenters. The van der Waals surface area contributed by atoms with Crippen molar-refractivity contribution in [2.75, 3.05) is 0 Å².